The number of pyridine rings is 1. The van der Waals surface area contributed by atoms with Crippen molar-refractivity contribution in [2.24, 2.45) is 5.41 Å². The zero-order chi connectivity index (χ0) is 14.6. The summed E-state index contributed by atoms with van der Waals surface area (Å²) in [5.41, 5.74) is 7.07. The monoisotopic (exact) mass is 277 g/mol. The highest BCUT2D eigenvalue weighted by molar-refractivity contribution is 5.97. The molecule has 0 unspecified atom stereocenters. The molecular weight excluding hydrogens is 254 g/mol. The van der Waals surface area contributed by atoms with Gasteiger partial charge in [-0.1, -0.05) is 19.8 Å². The highest BCUT2D eigenvalue weighted by atomic mass is 16.5. The van der Waals surface area contributed by atoms with Crippen LogP contribution in [-0.4, -0.2) is 24.6 Å². The molecule has 1 aromatic heterocycles. The van der Waals surface area contributed by atoms with Crippen molar-refractivity contribution in [2.45, 2.75) is 39.0 Å². The van der Waals surface area contributed by atoms with E-state index in [2.05, 4.69) is 17.2 Å². The average Bonchev–Trinajstić information content (AvgIpc) is 2.95. The summed E-state index contributed by atoms with van der Waals surface area (Å²) in [6.45, 7) is 3.08. The van der Waals surface area contributed by atoms with Gasteiger partial charge in [0, 0.05) is 12.7 Å². The quantitative estimate of drug-likeness (QED) is 0.809. The molecule has 1 saturated carbocycles. The first-order valence-corrected chi connectivity index (χ1v) is 7.18. The molecule has 5 nitrogen and oxygen atoms in total. The maximum atomic E-state index is 11.6. The molecule has 3 N–H and O–H groups in total. The van der Waals surface area contributed by atoms with Crippen molar-refractivity contribution >= 4 is 17.5 Å². The standard InChI is InChI=1S/C15H23N3O2/c1-3-15(7-4-5-8-15)10-18-13-12(16)11(6-9-17-13)14(19)20-2/h6,9H,3-5,7-8,10,16H2,1-2H3,(H,17,18). The summed E-state index contributed by atoms with van der Waals surface area (Å²) >= 11 is 0. The van der Waals surface area contributed by atoms with E-state index in [1.165, 1.54) is 32.8 Å². The van der Waals surface area contributed by atoms with Gasteiger partial charge in [0.25, 0.3) is 0 Å². The molecule has 110 valence electrons. The SMILES string of the molecule is CCC1(CNc2nccc(C(=O)OC)c2N)CCCC1. The van der Waals surface area contributed by atoms with E-state index >= 15 is 0 Å². The van der Waals surface area contributed by atoms with Crippen LogP contribution in [0.4, 0.5) is 11.5 Å². The Morgan fingerprint density at radius 2 is 2.20 bits per heavy atom. The number of hydrogen-bond donors (Lipinski definition) is 2. The second kappa shape index (κ2) is 6.11. The zero-order valence-electron chi connectivity index (χ0n) is 12.2. The number of anilines is 2. The van der Waals surface area contributed by atoms with Gasteiger partial charge in [-0.3, -0.25) is 0 Å². The summed E-state index contributed by atoms with van der Waals surface area (Å²) in [6, 6.07) is 1.58. The summed E-state index contributed by atoms with van der Waals surface area (Å²) < 4.78 is 4.72. The van der Waals surface area contributed by atoms with E-state index in [1.54, 1.807) is 12.3 Å². The molecule has 1 aliphatic rings. The van der Waals surface area contributed by atoms with Gasteiger partial charge < -0.3 is 15.8 Å². The first-order valence-electron chi connectivity index (χ1n) is 7.18. The molecule has 1 heterocycles. The number of nitrogen functional groups attached to an aromatic ring is 1. The average molecular weight is 277 g/mol. The number of ether oxygens (including phenoxy) is 1. The fourth-order valence-electron chi connectivity index (χ4n) is 2.95. The topological polar surface area (TPSA) is 77.2 Å². The fourth-order valence-corrected chi connectivity index (χ4v) is 2.95. The lowest BCUT2D eigenvalue weighted by molar-refractivity contribution is 0.0602. The van der Waals surface area contributed by atoms with Gasteiger partial charge in [0.15, 0.2) is 0 Å². The molecule has 2 rings (SSSR count). The molecule has 20 heavy (non-hydrogen) atoms. The highest BCUT2D eigenvalue weighted by Gasteiger charge is 2.32. The summed E-state index contributed by atoms with van der Waals surface area (Å²) in [7, 11) is 1.35. The number of hydrogen-bond acceptors (Lipinski definition) is 5. The summed E-state index contributed by atoms with van der Waals surface area (Å²) in [6.07, 6.45) is 7.80. The molecule has 0 spiro atoms. The third-order valence-electron chi connectivity index (χ3n) is 4.44. The molecule has 0 saturated heterocycles. The van der Waals surface area contributed by atoms with Gasteiger partial charge in [-0.15, -0.1) is 0 Å². The second-order valence-electron chi connectivity index (χ2n) is 5.53. The van der Waals surface area contributed by atoms with Gasteiger partial charge in [0.2, 0.25) is 0 Å². The van der Waals surface area contributed by atoms with E-state index in [9.17, 15) is 4.79 Å². The van der Waals surface area contributed by atoms with Crippen LogP contribution < -0.4 is 11.1 Å². The predicted molar refractivity (Wildman–Crippen MR) is 79.7 cm³/mol. The Morgan fingerprint density at radius 1 is 1.50 bits per heavy atom. The number of rotatable bonds is 5. The van der Waals surface area contributed by atoms with Gasteiger partial charge in [-0.05, 0) is 30.7 Å². The Kier molecular flexibility index (Phi) is 4.47. The van der Waals surface area contributed by atoms with Crippen molar-refractivity contribution in [3.8, 4) is 0 Å². The Hall–Kier alpha value is -1.78. The van der Waals surface area contributed by atoms with Crippen molar-refractivity contribution in [2.75, 3.05) is 24.7 Å². The fraction of sp³-hybridized carbons (Fsp3) is 0.600. The molecule has 0 atom stereocenters. The predicted octanol–water partition coefficient (Wildman–Crippen LogP) is 2.83. The van der Waals surface area contributed by atoms with Gasteiger partial charge in [0.1, 0.15) is 5.82 Å². The molecule has 0 amide bonds. The van der Waals surface area contributed by atoms with E-state index in [1.807, 2.05) is 0 Å². The molecule has 0 bridgehead atoms. The minimum Gasteiger partial charge on any atom is -0.465 e. The van der Waals surface area contributed by atoms with Crippen LogP contribution in [0.1, 0.15) is 49.4 Å². The minimum absolute atomic E-state index is 0.343. The summed E-state index contributed by atoms with van der Waals surface area (Å²) in [5.74, 6) is 0.145. The van der Waals surface area contributed by atoms with Gasteiger partial charge in [-0.2, -0.15) is 0 Å². The van der Waals surface area contributed by atoms with Crippen molar-refractivity contribution < 1.29 is 9.53 Å². The van der Waals surface area contributed by atoms with Crippen molar-refractivity contribution in [3.05, 3.63) is 17.8 Å². The smallest absolute Gasteiger partial charge is 0.340 e. The minimum atomic E-state index is -0.431. The molecule has 0 aromatic carbocycles. The maximum Gasteiger partial charge on any atom is 0.340 e. The van der Waals surface area contributed by atoms with Crippen LogP contribution in [0.2, 0.25) is 0 Å². The van der Waals surface area contributed by atoms with Crippen LogP contribution in [0.15, 0.2) is 12.3 Å². The van der Waals surface area contributed by atoms with Crippen LogP contribution in [0, 0.1) is 5.41 Å². The number of methoxy groups -OCH3 is 1. The lowest BCUT2D eigenvalue weighted by Crippen LogP contribution is -2.26. The number of nitrogens with one attached hydrogen (secondary N) is 1. The highest BCUT2D eigenvalue weighted by Crippen LogP contribution is 2.41. The van der Waals surface area contributed by atoms with E-state index < -0.39 is 5.97 Å². The summed E-state index contributed by atoms with van der Waals surface area (Å²) in [5, 5.41) is 3.32. The largest absolute Gasteiger partial charge is 0.465 e. The van der Waals surface area contributed by atoms with E-state index in [4.69, 9.17) is 10.5 Å². The molecule has 0 aliphatic heterocycles. The van der Waals surface area contributed by atoms with Crippen LogP contribution in [-0.2, 0) is 4.74 Å². The van der Waals surface area contributed by atoms with Crippen LogP contribution in [0.3, 0.4) is 0 Å². The number of nitrogens with two attached hydrogens (primary N) is 1. The van der Waals surface area contributed by atoms with Gasteiger partial charge >= 0.3 is 5.97 Å². The first kappa shape index (κ1) is 14.6. The number of esters is 1. The van der Waals surface area contributed by atoms with Crippen LogP contribution >= 0.6 is 0 Å². The molecular formula is C15H23N3O2. The number of carbonyl (C=O) groups excluding carboxylic acids is 1. The van der Waals surface area contributed by atoms with Gasteiger partial charge in [-0.25, -0.2) is 9.78 Å². The van der Waals surface area contributed by atoms with Gasteiger partial charge in [0.05, 0.1) is 18.4 Å². The normalized spacial score (nSPS) is 16.9. The number of aromatic nitrogens is 1. The summed E-state index contributed by atoms with van der Waals surface area (Å²) in [4.78, 5) is 15.8. The van der Waals surface area contributed by atoms with Crippen molar-refractivity contribution in [1.82, 2.24) is 4.98 Å². The number of carbonyl (C=O) groups is 1. The van der Waals surface area contributed by atoms with E-state index in [0.29, 0.717) is 22.5 Å². The van der Waals surface area contributed by atoms with E-state index in [-0.39, 0.29) is 0 Å². The Bertz CT molecular complexity index is 482. The lowest BCUT2D eigenvalue weighted by Gasteiger charge is -2.28. The Morgan fingerprint density at radius 3 is 2.80 bits per heavy atom. The first-order chi connectivity index (χ1) is 9.62. The Labute approximate surface area is 119 Å². The third-order valence-corrected chi connectivity index (χ3v) is 4.44. The molecule has 1 aliphatic carbocycles. The third kappa shape index (κ3) is 2.86. The molecule has 5 heteroatoms. The van der Waals surface area contributed by atoms with Crippen LogP contribution in [0.25, 0.3) is 0 Å². The molecule has 1 fully saturated rings. The van der Waals surface area contributed by atoms with Crippen LogP contribution in [0.5, 0.6) is 0 Å². The van der Waals surface area contributed by atoms with Crippen molar-refractivity contribution in [1.29, 1.82) is 0 Å². The number of nitrogens with zero attached hydrogens (tertiary/aromatic N) is 1. The van der Waals surface area contributed by atoms with Crippen molar-refractivity contribution in [3.63, 3.8) is 0 Å². The zero-order valence-corrected chi connectivity index (χ0v) is 12.2. The van der Waals surface area contributed by atoms with E-state index in [0.717, 1.165) is 13.0 Å². The second-order valence-corrected chi connectivity index (χ2v) is 5.53. The molecule has 1 aromatic rings. The Balaban J connectivity index is 2.12. The molecule has 0 radical (unpaired) electrons. The maximum absolute atomic E-state index is 11.6. The lowest BCUT2D eigenvalue weighted by atomic mass is 9.83.